The second kappa shape index (κ2) is 8.37. The van der Waals surface area contributed by atoms with E-state index in [2.05, 4.69) is 17.1 Å². The summed E-state index contributed by atoms with van der Waals surface area (Å²) in [5, 5.41) is 3.05. The number of likely N-dealkylation sites (N-methyl/N-ethyl adjacent to an activating group) is 1. The third-order valence-electron chi connectivity index (χ3n) is 4.70. The van der Waals surface area contributed by atoms with Crippen LogP contribution >= 0.6 is 0 Å². The molecule has 2 aliphatic rings. The quantitative estimate of drug-likeness (QED) is 0.630. The maximum atomic E-state index is 12.2. The standard InChI is InChI=1S/C16H29N3O2/c1-2-18-9-11-19(12-10-18)16(21)13-15(20)17-14-7-5-3-4-6-8-14/h14H,2-13H2,1H3,(H,17,20). The minimum atomic E-state index is -0.0928. The molecular formula is C16H29N3O2. The predicted molar refractivity (Wildman–Crippen MR) is 82.9 cm³/mol. The molecule has 0 atom stereocenters. The van der Waals surface area contributed by atoms with Crippen molar-refractivity contribution < 1.29 is 9.59 Å². The molecule has 1 aliphatic heterocycles. The Morgan fingerprint density at radius 3 is 2.19 bits per heavy atom. The van der Waals surface area contributed by atoms with Crippen molar-refractivity contribution in [1.82, 2.24) is 15.1 Å². The molecule has 1 N–H and O–H groups in total. The Labute approximate surface area is 128 Å². The number of hydrogen-bond acceptors (Lipinski definition) is 3. The maximum Gasteiger partial charge on any atom is 0.232 e. The number of carbonyl (C=O) groups is 2. The van der Waals surface area contributed by atoms with Gasteiger partial charge in [0, 0.05) is 32.2 Å². The molecule has 0 aromatic rings. The van der Waals surface area contributed by atoms with Gasteiger partial charge in [-0.05, 0) is 19.4 Å². The first kappa shape index (κ1) is 16.3. The Morgan fingerprint density at radius 1 is 1.00 bits per heavy atom. The number of rotatable bonds is 4. The van der Waals surface area contributed by atoms with Crippen LogP contribution in [0.1, 0.15) is 51.9 Å². The molecule has 1 saturated carbocycles. The lowest BCUT2D eigenvalue weighted by atomic mass is 10.1. The third-order valence-corrected chi connectivity index (χ3v) is 4.70. The van der Waals surface area contributed by atoms with E-state index in [4.69, 9.17) is 0 Å². The molecule has 0 bridgehead atoms. The highest BCUT2D eigenvalue weighted by Crippen LogP contribution is 2.17. The van der Waals surface area contributed by atoms with Gasteiger partial charge in [0.2, 0.25) is 11.8 Å². The molecule has 0 aromatic carbocycles. The largest absolute Gasteiger partial charge is 0.353 e. The van der Waals surface area contributed by atoms with Crippen LogP contribution in [-0.4, -0.2) is 60.4 Å². The van der Waals surface area contributed by atoms with Crippen LogP contribution in [0.4, 0.5) is 0 Å². The van der Waals surface area contributed by atoms with E-state index in [1.165, 1.54) is 25.7 Å². The van der Waals surface area contributed by atoms with Crippen molar-refractivity contribution in [3.63, 3.8) is 0 Å². The fraction of sp³-hybridized carbons (Fsp3) is 0.875. The SMILES string of the molecule is CCN1CCN(C(=O)CC(=O)NC2CCCCCC2)CC1. The monoisotopic (exact) mass is 295 g/mol. The average Bonchev–Trinajstić information content (AvgIpc) is 2.75. The summed E-state index contributed by atoms with van der Waals surface area (Å²) >= 11 is 0. The molecule has 5 heteroatoms. The molecule has 2 fully saturated rings. The van der Waals surface area contributed by atoms with Gasteiger partial charge in [0.25, 0.3) is 0 Å². The molecule has 2 rings (SSSR count). The van der Waals surface area contributed by atoms with Crippen molar-refractivity contribution in [3.8, 4) is 0 Å². The molecule has 5 nitrogen and oxygen atoms in total. The van der Waals surface area contributed by atoms with E-state index in [1.54, 1.807) is 0 Å². The third kappa shape index (κ3) is 5.30. The Kier molecular flexibility index (Phi) is 6.49. The summed E-state index contributed by atoms with van der Waals surface area (Å²) in [6.45, 7) is 6.52. The van der Waals surface area contributed by atoms with Crippen LogP contribution < -0.4 is 5.32 Å². The van der Waals surface area contributed by atoms with Crippen molar-refractivity contribution >= 4 is 11.8 Å². The van der Waals surface area contributed by atoms with E-state index in [0.717, 1.165) is 45.6 Å². The van der Waals surface area contributed by atoms with E-state index in [1.807, 2.05) is 4.90 Å². The van der Waals surface area contributed by atoms with Gasteiger partial charge in [0.1, 0.15) is 6.42 Å². The van der Waals surface area contributed by atoms with Crippen LogP contribution in [0, 0.1) is 0 Å². The number of carbonyl (C=O) groups excluding carboxylic acids is 2. The Hall–Kier alpha value is -1.10. The summed E-state index contributed by atoms with van der Waals surface area (Å²) in [6, 6.07) is 0.282. The number of nitrogens with zero attached hydrogens (tertiary/aromatic N) is 2. The van der Waals surface area contributed by atoms with Gasteiger partial charge in [-0.1, -0.05) is 32.6 Å². The molecule has 1 aliphatic carbocycles. The first-order valence-electron chi connectivity index (χ1n) is 8.48. The smallest absolute Gasteiger partial charge is 0.232 e. The van der Waals surface area contributed by atoms with E-state index in [9.17, 15) is 9.59 Å². The van der Waals surface area contributed by atoms with E-state index >= 15 is 0 Å². The van der Waals surface area contributed by atoms with E-state index in [0.29, 0.717) is 0 Å². The van der Waals surface area contributed by atoms with Gasteiger partial charge >= 0.3 is 0 Å². The fourth-order valence-electron chi connectivity index (χ4n) is 3.27. The maximum absolute atomic E-state index is 12.2. The molecular weight excluding hydrogens is 266 g/mol. The van der Waals surface area contributed by atoms with Crippen molar-refractivity contribution in [2.75, 3.05) is 32.7 Å². The van der Waals surface area contributed by atoms with E-state index < -0.39 is 0 Å². The molecule has 120 valence electrons. The van der Waals surface area contributed by atoms with Crippen LogP contribution in [0.5, 0.6) is 0 Å². The van der Waals surface area contributed by atoms with E-state index in [-0.39, 0.29) is 24.3 Å². The van der Waals surface area contributed by atoms with Gasteiger partial charge in [-0.25, -0.2) is 0 Å². The average molecular weight is 295 g/mol. The van der Waals surface area contributed by atoms with Gasteiger partial charge < -0.3 is 15.1 Å². The minimum absolute atomic E-state index is 0.0165. The molecule has 2 amide bonds. The topological polar surface area (TPSA) is 52.7 Å². The lowest BCUT2D eigenvalue weighted by molar-refractivity contribution is -0.137. The molecule has 0 radical (unpaired) electrons. The summed E-state index contributed by atoms with van der Waals surface area (Å²) in [4.78, 5) is 28.3. The molecule has 1 heterocycles. The van der Waals surface area contributed by atoms with Crippen molar-refractivity contribution in [2.45, 2.75) is 57.9 Å². The van der Waals surface area contributed by atoms with Gasteiger partial charge in [-0.3, -0.25) is 9.59 Å². The highest BCUT2D eigenvalue weighted by atomic mass is 16.2. The van der Waals surface area contributed by atoms with Crippen molar-refractivity contribution in [1.29, 1.82) is 0 Å². The van der Waals surface area contributed by atoms with Crippen LogP contribution in [0.25, 0.3) is 0 Å². The summed E-state index contributed by atoms with van der Waals surface area (Å²) in [5.41, 5.74) is 0. The molecule has 21 heavy (non-hydrogen) atoms. The van der Waals surface area contributed by atoms with Crippen LogP contribution in [0.2, 0.25) is 0 Å². The zero-order valence-electron chi connectivity index (χ0n) is 13.3. The summed E-state index contributed by atoms with van der Waals surface area (Å²) in [6.07, 6.45) is 7.07. The fourth-order valence-corrected chi connectivity index (χ4v) is 3.27. The summed E-state index contributed by atoms with van der Waals surface area (Å²) < 4.78 is 0. The van der Waals surface area contributed by atoms with Gasteiger partial charge in [0.15, 0.2) is 0 Å². The zero-order chi connectivity index (χ0) is 15.1. The van der Waals surface area contributed by atoms with Crippen molar-refractivity contribution in [2.24, 2.45) is 0 Å². The van der Waals surface area contributed by atoms with Crippen LogP contribution in [0.3, 0.4) is 0 Å². The predicted octanol–water partition coefficient (Wildman–Crippen LogP) is 1.38. The minimum Gasteiger partial charge on any atom is -0.353 e. The molecule has 1 saturated heterocycles. The Bertz CT molecular complexity index is 343. The lowest BCUT2D eigenvalue weighted by Crippen LogP contribution is -2.49. The molecule has 0 aromatic heterocycles. The lowest BCUT2D eigenvalue weighted by Gasteiger charge is -2.34. The van der Waals surface area contributed by atoms with Crippen LogP contribution in [-0.2, 0) is 9.59 Å². The summed E-state index contributed by atoms with van der Waals surface area (Å²) in [5.74, 6) is -0.110. The zero-order valence-corrected chi connectivity index (χ0v) is 13.3. The number of piperazine rings is 1. The highest BCUT2D eigenvalue weighted by Gasteiger charge is 2.23. The second-order valence-corrected chi connectivity index (χ2v) is 6.25. The number of nitrogens with one attached hydrogen (secondary N) is 1. The van der Waals surface area contributed by atoms with Gasteiger partial charge in [0.05, 0.1) is 0 Å². The van der Waals surface area contributed by atoms with Gasteiger partial charge in [-0.15, -0.1) is 0 Å². The highest BCUT2D eigenvalue weighted by molar-refractivity contribution is 5.97. The molecule has 0 spiro atoms. The summed E-state index contributed by atoms with van der Waals surface area (Å²) in [7, 11) is 0. The van der Waals surface area contributed by atoms with Crippen molar-refractivity contribution in [3.05, 3.63) is 0 Å². The second-order valence-electron chi connectivity index (χ2n) is 6.25. The normalized spacial score (nSPS) is 21.9. The number of amides is 2. The first-order chi connectivity index (χ1) is 10.2. The van der Waals surface area contributed by atoms with Gasteiger partial charge in [-0.2, -0.15) is 0 Å². The number of hydrogen-bond donors (Lipinski definition) is 1. The molecule has 0 unspecified atom stereocenters. The van der Waals surface area contributed by atoms with Crippen LogP contribution in [0.15, 0.2) is 0 Å². The first-order valence-corrected chi connectivity index (χ1v) is 8.48. The Morgan fingerprint density at radius 2 is 1.62 bits per heavy atom. The Balaban J connectivity index is 1.70.